The fraction of sp³-hybridized carbons (Fsp3) is 0.0769. The highest BCUT2D eigenvalue weighted by Gasteiger charge is 2.37. The van der Waals surface area contributed by atoms with Gasteiger partial charge in [0.05, 0.1) is 5.56 Å². The Bertz CT molecular complexity index is 609. The molecule has 1 aromatic carbocycles. The molecule has 0 aliphatic carbocycles. The second-order valence-corrected chi connectivity index (χ2v) is 3.84. The topological polar surface area (TPSA) is 56.0 Å². The summed E-state index contributed by atoms with van der Waals surface area (Å²) in [6, 6.07) is 6.41. The maximum Gasteiger partial charge on any atom is 0.419 e. The van der Waals surface area contributed by atoms with Gasteiger partial charge in [-0.1, -0.05) is 12.1 Å². The van der Waals surface area contributed by atoms with E-state index in [-0.39, 0.29) is 5.56 Å². The van der Waals surface area contributed by atoms with E-state index in [0.29, 0.717) is 0 Å². The van der Waals surface area contributed by atoms with Gasteiger partial charge < -0.3 is 5.73 Å². The summed E-state index contributed by atoms with van der Waals surface area (Å²) >= 11 is 0. The van der Waals surface area contributed by atoms with Gasteiger partial charge in [-0.05, 0) is 18.2 Å². The monoisotopic (exact) mass is 266 g/mol. The Hall–Kier alpha value is -2.37. The van der Waals surface area contributed by atoms with E-state index in [1.54, 1.807) is 0 Å². The van der Waals surface area contributed by atoms with Crippen molar-refractivity contribution in [1.82, 2.24) is 4.98 Å². The number of pyridine rings is 1. The predicted octanol–water partition coefficient (Wildman–Crippen LogP) is 2.91. The van der Waals surface area contributed by atoms with E-state index in [9.17, 15) is 18.0 Å². The van der Waals surface area contributed by atoms with E-state index < -0.39 is 28.8 Å². The largest absolute Gasteiger partial charge is 0.419 e. The van der Waals surface area contributed by atoms with Crippen LogP contribution in [0.25, 0.3) is 0 Å². The number of hydrogen-bond donors (Lipinski definition) is 1. The molecule has 0 amide bonds. The molecule has 0 atom stereocenters. The van der Waals surface area contributed by atoms with Gasteiger partial charge >= 0.3 is 6.18 Å². The van der Waals surface area contributed by atoms with Gasteiger partial charge in [-0.25, -0.2) is 0 Å². The summed E-state index contributed by atoms with van der Waals surface area (Å²) in [5.41, 5.74) is 3.37. The molecule has 0 aliphatic heterocycles. The summed E-state index contributed by atoms with van der Waals surface area (Å²) < 4.78 is 38.8. The molecule has 0 fully saturated rings. The molecule has 0 radical (unpaired) electrons. The maximum absolute atomic E-state index is 12.9. The minimum absolute atomic E-state index is 0.0820. The third kappa shape index (κ3) is 2.57. The van der Waals surface area contributed by atoms with Crippen molar-refractivity contribution in [2.24, 2.45) is 0 Å². The summed E-state index contributed by atoms with van der Waals surface area (Å²) in [5.74, 6) is -0.757. The third-order valence-corrected chi connectivity index (χ3v) is 2.55. The summed E-state index contributed by atoms with van der Waals surface area (Å²) in [5, 5.41) is 0. The Morgan fingerprint density at radius 2 is 1.89 bits per heavy atom. The summed E-state index contributed by atoms with van der Waals surface area (Å²) in [6.07, 6.45) is -2.04. The van der Waals surface area contributed by atoms with Gasteiger partial charge in [-0.15, -0.1) is 0 Å². The zero-order valence-corrected chi connectivity index (χ0v) is 9.61. The van der Waals surface area contributed by atoms with Crippen molar-refractivity contribution in [3.63, 3.8) is 0 Å². The number of nitrogens with zero attached hydrogens (tertiary/aromatic N) is 1. The number of benzene rings is 1. The summed E-state index contributed by atoms with van der Waals surface area (Å²) in [7, 11) is 0. The van der Waals surface area contributed by atoms with Gasteiger partial charge in [-0.2, -0.15) is 13.2 Å². The van der Waals surface area contributed by atoms with Gasteiger partial charge in [0.2, 0.25) is 0 Å². The lowest BCUT2D eigenvalue weighted by Crippen LogP contribution is -2.16. The smallest absolute Gasteiger partial charge is 0.398 e. The second kappa shape index (κ2) is 4.72. The van der Waals surface area contributed by atoms with Gasteiger partial charge in [0.15, 0.2) is 5.78 Å². The fourth-order valence-corrected chi connectivity index (χ4v) is 1.73. The molecule has 0 bridgehead atoms. The third-order valence-electron chi connectivity index (χ3n) is 2.55. The van der Waals surface area contributed by atoms with Crippen LogP contribution in [0.5, 0.6) is 0 Å². The average Bonchev–Trinajstić information content (AvgIpc) is 2.37. The molecule has 6 heteroatoms. The first-order valence-electron chi connectivity index (χ1n) is 5.31. The number of rotatable bonds is 2. The summed E-state index contributed by atoms with van der Waals surface area (Å²) in [4.78, 5) is 15.8. The van der Waals surface area contributed by atoms with Crippen molar-refractivity contribution < 1.29 is 18.0 Å². The second-order valence-electron chi connectivity index (χ2n) is 3.84. The number of aromatic nitrogens is 1. The number of anilines is 1. The molecule has 98 valence electrons. The number of nitrogens with two attached hydrogens (primary N) is 1. The number of nitrogen functional groups attached to an aromatic ring is 1. The number of halogens is 3. The van der Waals surface area contributed by atoms with E-state index in [1.807, 2.05) is 0 Å². The minimum Gasteiger partial charge on any atom is -0.398 e. The molecule has 1 aromatic heterocycles. The zero-order chi connectivity index (χ0) is 14.0. The molecular formula is C13H9F3N2O. The Morgan fingerprint density at radius 1 is 1.16 bits per heavy atom. The van der Waals surface area contributed by atoms with Crippen LogP contribution in [0.2, 0.25) is 0 Å². The first kappa shape index (κ1) is 13.1. The molecule has 1 heterocycles. The van der Waals surface area contributed by atoms with Gasteiger partial charge in [0.1, 0.15) is 0 Å². The van der Waals surface area contributed by atoms with Crippen LogP contribution >= 0.6 is 0 Å². The normalized spacial score (nSPS) is 11.3. The average molecular weight is 266 g/mol. The zero-order valence-electron chi connectivity index (χ0n) is 9.61. The van der Waals surface area contributed by atoms with E-state index in [4.69, 9.17) is 5.73 Å². The first-order valence-corrected chi connectivity index (χ1v) is 5.31. The molecule has 3 nitrogen and oxygen atoms in total. The number of carbonyl (C=O) groups excluding carboxylic acids is 1. The van der Waals surface area contributed by atoms with Crippen molar-refractivity contribution in [2.75, 3.05) is 5.73 Å². The lowest BCUT2D eigenvalue weighted by Gasteiger charge is -2.14. The van der Waals surface area contributed by atoms with E-state index in [0.717, 1.165) is 12.1 Å². The standard InChI is InChI=1S/C13H9F3N2O/c14-13(15,16)11-9(4-1-5-10(11)17)12(19)8-3-2-6-18-7-8/h1-7H,17H2. The SMILES string of the molecule is Nc1cccc(C(=O)c2cccnc2)c1C(F)(F)F. The van der Waals surface area contributed by atoms with Crippen LogP contribution in [-0.2, 0) is 6.18 Å². The Labute approximate surface area is 106 Å². The molecule has 0 aliphatic rings. The van der Waals surface area contributed by atoms with Gasteiger partial charge in [0.25, 0.3) is 0 Å². The molecular weight excluding hydrogens is 257 g/mol. The van der Waals surface area contributed by atoms with E-state index in [1.165, 1.54) is 30.6 Å². The maximum atomic E-state index is 12.9. The van der Waals surface area contributed by atoms with Crippen LogP contribution in [0.15, 0.2) is 42.7 Å². The predicted molar refractivity (Wildman–Crippen MR) is 63.5 cm³/mol. The highest BCUT2D eigenvalue weighted by Crippen LogP contribution is 2.36. The highest BCUT2D eigenvalue weighted by atomic mass is 19.4. The van der Waals surface area contributed by atoms with Crippen LogP contribution in [0.4, 0.5) is 18.9 Å². The molecule has 2 rings (SSSR count). The van der Waals surface area contributed by atoms with Crippen molar-refractivity contribution in [3.05, 3.63) is 59.4 Å². The Balaban J connectivity index is 2.58. The van der Waals surface area contributed by atoms with Crippen LogP contribution in [0.1, 0.15) is 21.5 Å². The van der Waals surface area contributed by atoms with Crippen LogP contribution in [-0.4, -0.2) is 10.8 Å². The Kier molecular flexibility index (Phi) is 3.25. The minimum atomic E-state index is -4.68. The highest BCUT2D eigenvalue weighted by molar-refractivity contribution is 6.10. The van der Waals surface area contributed by atoms with Crippen molar-refractivity contribution >= 4 is 11.5 Å². The summed E-state index contributed by atoms with van der Waals surface area (Å²) in [6.45, 7) is 0. The van der Waals surface area contributed by atoms with Crippen molar-refractivity contribution in [3.8, 4) is 0 Å². The van der Waals surface area contributed by atoms with Crippen LogP contribution in [0.3, 0.4) is 0 Å². The van der Waals surface area contributed by atoms with E-state index in [2.05, 4.69) is 4.98 Å². The fourth-order valence-electron chi connectivity index (χ4n) is 1.73. The van der Waals surface area contributed by atoms with Crippen molar-refractivity contribution in [2.45, 2.75) is 6.18 Å². The lowest BCUT2D eigenvalue weighted by molar-refractivity contribution is -0.137. The van der Waals surface area contributed by atoms with E-state index >= 15 is 0 Å². The number of carbonyl (C=O) groups is 1. The quantitative estimate of drug-likeness (QED) is 0.671. The molecule has 19 heavy (non-hydrogen) atoms. The molecule has 2 N–H and O–H groups in total. The van der Waals surface area contributed by atoms with Crippen molar-refractivity contribution in [1.29, 1.82) is 0 Å². The molecule has 0 spiro atoms. The number of hydrogen-bond acceptors (Lipinski definition) is 3. The van der Waals surface area contributed by atoms with Crippen LogP contribution in [0, 0.1) is 0 Å². The number of alkyl halides is 3. The van der Waals surface area contributed by atoms with Gasteiger partial charge in [0, 0.05) is 29.2 Å². The molecule has 0 saturated carbocycles. The molecule has 0 unspecified atom stereocenters. The number of ketones is 1. The molecule has 0 saturated heterocycles. The Morgan fingerprint density at radius 3 is 2.47 bits per heavy atom. The first-order chi connectivity index (χ1) is 8.91. The van der Waals surface area contributed by atoms with Crippen LogP contribution < -0.4 is 5.73 Å². The lowest BCUT2D eigenvalue weighted by atomic mass is 9.97. The van der Waals surface area contributed by atoms with Gasteiger partial charge in [-0.3, -0.25) is 9.78 Å². The molecule has 2 aromatic rings.